The number of amides is 1. The summed E-state index contributed by atoms with van der Waals surface area (Å²) in [5.74, 6) is 0.0302. The molecule has 2 N–H and O–H groups in total. The van der Waals surface area contributed by atoms with Crippen molar-refractivity contribution in [1.29, 1.82) is 0 Å². The number of hydrogen-bond acceptors (Lipinski definition) is 4. The van der Waals surface area contributed by atoms with Crippen LogP contribution in [0.5, 0.6) is 0 Å². The molecule has 94 valence electrons. The molecule has 1 aliphatic rings. The molecule has 5 nitrogen and oxygen atoms in total. The van der Waals surface area contributed by atoms with E-state index in [-0.39, 0.29) is 5.91 Å². The lowest BCUT2D eigenvalue weighted by Gasteiger charge is -2.29. The van der Waals surface area contributed by atoms with Crippen LogP contribution in [0, 0.1) is 0 Å². The van der Waals surface area contributed by atoms with Crippen LogP contribution in [-0.4, -0.2) is 62.8 Å². The molecule has 0 aromatic heterocycles. The van der Waals surface area contributed by atoms with Crippen molar-refractivity contribution in [3.63, 3.8) is 0 Å². The first-order valence-corrected chi connectivity index (χ1v) is 5.96. The van der Waals surface area contributed by atoms with Crippen molar-refractivity contribution in [2.45, 2.75) is 19.9 Å². The van der Waals surface area contributed by atoms with Crippen LogP contribution in [0.4, 0.5) is 0 Å². The maximum atomic E-state index is 10.6. The first-order chi connectivity index (χ1) is 7.68. The molecule has 1 heterocycles. The summed E-state index contributed by atoms with van der Waals surface area (Å²) in [6.07, 6.45) is 0. The highest BCUT2D eigenvalue weighted by Crippen LogP contribution is 1.97. The number of morpholine rings is 1. The fourth-order valence-electron chi connectivity index (χ4n) is 1.79. The maximum absolute atomic E-state index is 10.6. The highest BCUT2D eigenvalue weighted by atomic mass is 16.5. The summed E-state index contributed by atoms with van der Waals surface area (Å²) >= 11 is 0. The Kier molecular flexibility index (Phi) is 6.37. The number of nitrogens with zero attached hydrogens (tertiary/aromatic N) is 1. The van der Waals surface area contributed by atoms with Crippen molar-refractivity contribution < 1.29 is 9.53 Å². The minimum absolute atomic E-state index is 0.0302. The third-order valence-electron chi connectivity index (χ3n) is 2.63. The van der Waals surface area contributed by atoms with Gasteiger partial charge in [0.05, 0.1) is 13.2 Å². The number of carbonyl (C=O) groups is 1. The van der Waals surface area contributed by atoms with Gasteiger partial charge in [0.2, 0.25) is 5.91 Å². The van der Waals surface area contributed by atoms with Gasteiger partial charge in [0.1, 0.15) is 0 Å². The van der Waals surface area contributed by atoms with Gasteiger partial charge in [-0.2, -0.15) is 0 Å². The van der Waals surface area contributed by atoms with Gasteiger partial charge in [-0.3, -0.25) is 9.69 Å². The van der Waals surface area contributed by atoms with Crippen LogP contribution in [0.15, 0.2) is 0 Å². The molecular weight excluding hydrogens is 206 g/mol. The van der Waals surface area contributed by atoms with E-state index in [0.717, 1.165) is 39.4 Å². The molecule has 0 saturated carbocycles. The van der Waals surface area contributed by atoms with Gasteiger partial charge in [-0.05, 0) is 6.92 Å². The van der Waals surface area contributed by atoms with E-state index in [1.807, 2.05) is 0 Å². The second-order valence-electron chi connectivity index (χ2n) is 4.25. The first-order valence-electron chi connectivity index (χ1n) is 5.96. The van der Waals surface area contributed by atoms with Crippen LogP contribution in [0.3, 0.4) is 0 Å². The smallest absolute Gasteiger partial charge is 0.216 e. The molecule has 0 aliphatic carbocycles. The third-order valence-corrected chi connectivity index (χ3v) is 2.63. The summed E-state index contributed by atoms with van der Waals surface area (Å²) in [6, 6.07) is 0.451. The Morgan fingerprint density at radius 3 is 2.69 bits per heavy atom. The quantitative estimate of drug-likeness (QED) is 0.599. The van der Waals surface area contributed by atoms with Crippen molar-refractivity contribution in [1.82, 2.24) is 15.5 Å². The third kappa shape index (κ3) is 6.05. The van der Waals surface area contributed by atoms with E-state index < -0.39 is 0 Å². The molecule has 1 rings (SSSR count). The predicted molar refractivity (Wildman–Crippen MR) is 63.4 cm³/mol. The van der Waals surface area contributed by atoms with E-state index in [1.165, 1.54) is 6.92 Å². The summed E-state index contributed by atoms with van der Waals surface area (Å²) in [7, 11) is 0. The van der Waals surface area contributed by atoms with Crippen molar-refractivity contribution in [2.24, 2.45) is 0 Å². The Bertz CT molecular complexity index is 205. The Hall–Kier alpha value is -0.650. The SMILES string of the molecule is CC(=O)NCCNC(C)CN1CCOCC1. The van der Waals surface area contributed by atoms with Gasteiger partial charge in [0.15, 0.2) is 0 Å². The molecule has 0 aromatic rings. The zero-order valence-corrected chi connectivity index (χ0v) is 10.3. The van der Waals surface area contributed by atoms with Gasteiger partial charge in [-0.25, -0.2) is 0 Å². The highest BCUT2D eigenvalue weighted by Gasteiger charge is 2.12. The maximum Gasteiger partial charge on any atom is 0.216 e. The van der Waals surface area contributed by atoms with Gasteiger partial charge in [-0.15, -0.1) is 0 Å². The molecule has 1 unspecified atom stereocenters. The standard InChI is InChI=1S/C11H23N3O2/c1-10(12-3-4-13-11(2)15)9-14-5-7-16-8-6-14/h10,12H,3-9H2,1-2H3,(H,13,15). The number of nitrogens with one attached hydrogen (secondary N) is 2. The molecule has 1 fully saturated rings. The van der Waals surface area contributed by atoms with Crippen LogP contribution < -0.4 is 10.6 Å². The Balaban J connectivity index is 2.01. The number of rotatable bonds is 6. The van der Waals surface area contributed by atoms with Gasteiger partial charge < -0.3 is 15.4 Å². The molecule has 1 amide bonds. The lowest BCUT2D eigenvalue weighted by Crippen LogP contribution is -2.45. The zero-order valence-electron chi connectivity index (χ0n) is 10.3. The largest absolute Gasteiger partial charge is 0.379 e. The zero-order chi connectivity index (χ0) is 11.8. The summed E-state index contributed by atoms with van der Waals surface area (Å²) < 4.78 is 5.30. The fourth-order valence-corrected chi connectivity index (χ4v) is 1.79. The van der Waals surface area contributed by atoms with Gasteiger partial charge >= 0.3 is 0 Å². The van der Waals surface area contributed by atoms with E-state index in [9.17, 15) is 4.79 Å². The highest BCUT2D eigenvalue weighted by molar-refractivity contribution is 5.72. The molecule has 5 heteroatoms. The second kappa shape index (κ2) is 7.60. The second-order valence-corrected chi connectivity index (χ2v) is 4.25. The van der Waals surface area contributed by atoms with E-state index in [0.29, 0.717) is 12.6 Å². The fraction of sp³-hybridized carbons (Fsp3) is 0.909. The Morgan fingerprint density at radius 2 is 2.06 bits per heavy atom. The van der Waals surface area contributed by atoms with E-state index in [2.05, 4.69) is 22.5 Å². The molecule has 0 bridgehead atoms. The Morgan fingerprint density at radius 1 is 1.38 bits per heavy atom. The number of hydrogen-bond donors (Lipinski definition) is 2. The lowest BCUT2D eigenvalue weighted by atomic mass is 10.3. The van der Waals surface area contributed by atoms with Crippen molar-refractivity contribution >= 4 is 5.91 Å². The minimum Gasteiger partial charge on any atom is -0.379 e. The van der Waals surface area contributed by atoms with Crippen molar-refractivity contribution in [3.8, 4) is 0 Å². The van der Waals surface area contributed by atoms with E-state index in [4.69, 9.17) is 4.74 Å². The summed E-state index contributed by atoms with van der Waals surface area (Å²) in [5.41, 5.74) is 0. The Labute approximate surface area is 97.5 Å². The average Bonchev–Trinajstić information content (AvgIpc) is 2.25. The summed E-state index contributed by atoms with van der Waals surface area (Å²) in [4.78, 5) is 13.0. The summed E-state index contributed by atoms with van der Waals surface area (Å²) in [6.45, 7) is 10.0. The van der Waals surface area contributed by atoms with Crippen LogP contribution in [0.25, 0.3) is 0 Å². The lowest BCUT2D eigenvalue weighted by molar-refractivity contribution is -0.118. The van der Waals surface area contributed by atoms with Gasteiger partial charge in [0.25, 0.3) is 0 Å². The molecule has 0 radical (unpaired) electrons. The van der Waals surface area contributed by atoms with E-state index in [1.54, 1.807) is 0 Å². The van der Waals surface area contributed by atoms with Crippen LogP contribution in [0.1, 0.15) is 13.8 Å². The normalized spacial score (nSPS) is 19.4. The molecule has 1 atom stereocenters. The van der Waals surface area contributed by atoms with Crippen LogP contribution in [0.2, 0.25) is 0 Å². The molecule has 16 heavy (non-hydrogen) atoms. The molecule has 1 saturated heterocycles. The van der Waals surface area contributed by atoms with Crippen LogP contribution >= 0.6 is 0 Å². The van der Waals surface area contributed by atoms with Crippen molar-refractivity contribution in [2.75, 3.05) is 45.9 Å². The minimum atomic E-state index is 0.0302. The topological polar surface area (TPSA) is 53.6 Å². The molecule has 0 spiro atoms. The monoisotopic (exact) mass is 229 g/mol. The molecular formula is C11H23N3O2. The van der Waals surface area contributed by atoms with Crippen LogP contribution in [-0.2, 0) is 9.53 Å². The first kappa shape index (κ1) is 13.4. The molecule has 1 aliphatic heterocycles. The predicted octanol–water partition coefficient (Wildman–Crippen LogP) is -0.567. The number of ether oxygens (including phenoxy) is 1. The summed E-state index contributed by atoms with van der Waals surface area (Å²) in [5, 5.41) is 6.16. The van der Waals surface area contributed by atoms with Gasteiger partial charge in [-0.1, -0.05) is 0 Å². The average molecular weight is 229 g/mol. The molecule has 0 aromatic carbocycles. The van der Waals surface area contributed by atoms with E-state index >= 15 is 0 Å². The van der Waals surface area contributed by atoms with Crippen molar-refractivity contribution in [3.05, 3.63) is 0 Å². The van der Waals surface area contributed by atoms with Gasteiger partial charge in [0, 0.05) is 45.7 Å². The number of carbonyl (C=O) groups excluding carboxylic acids is 1.